The first-order valence-electron chi connectivity index (χ1n) is 7.85. The van der Waals surface area contributed by atoms with Crippen LogP contribution in [0.5, 0.6) is 0 Å². The van der Waals surface area contributed by atoms with Gasteiger partial charge in [-0.15, -0.1) is 0 Å². The summed E-state index contributed by atoms with van der Waals surface area (Å²) in [6, 6.07) is 6.42. The highest BCUT2D eigenvalue weighted by Gasteiger charge is 2.27. The minimum atomic E-state index is 0.218. The Kier molecular flexibility index (Phi) is 4.92. The van der Waals surface area contributed by atoms with Crippen molar-refractivity contribution < 1.29 is 9.52 Å². The number of H-pyrrole nitrogens is 1. The normalized spacial score (nSPS) is 20.5. The summed E-state index contributed by atoms with van der Waals surface area (Å²) >= 11 is 0. The molecule has 3 rings (SSSR count). The molecule has 0 saturated carbocycles. The number of furan rings is 1. The first-order chi connectivity index (χ1) is 10.7. The SMILES string of the molecule is Cc1ccc(CN2CCN(Cc3ccn[nH]3)CC2CCO)o1. The van der Waals surface area contributed by atoms with Gasteiger partial charge < -0.3 is 9.52 Å². The van der Waals surface area contributed by atoms with E-state index in [1.54, 1.807) is 6.20 Å². The molecule has 0 radical (unpaired) electrons. The highest BCUT2D eigenvalue weighted by molar-refractivity contribution is 5.06. The maximum Gasteiger partial charge on any atom is 0.118 e. The minimum Gasteiger partial charge on any atom is -0.465 e. The van der Waals surface area contributed by atoms with E-state index >= 15 is 0 Å². The molecule has 1 saturated heterocycles. The van der Waals surface area contributed by atoms with Crippen molar-refractivity contribution in [2.45, 2.75) is 32.5 Å². The molecule has 0 spiro atoms. The monoisotopic (exact) mass is 304 g/mol. The van der Waals surface area contributed by atoms with Gasteiger partial charge in [-0.2, -0.15) is 5.10 Å². The van der Waals surface area contributed by atoms with Crippen LogP contribution in [0, 0.1) is 6.92 Å². The van der Waals surface area contributed by atoms with E-state index in [-0.39, 0.29) is 6.61 Å². The third-order valence-corrected chi connectivity index (χ3v) is 4.26. The standard InChI is InChI=1S/C16H24N4O2/c1-13-2-3-16(22-13)12-20-8-7-19(11-15(20)5-9-21)10-14-4-6-17-18-14/h2-4,6,15,21H,5,7-12H2,1H3,(H,17,18). The second kappa shape index (κ2) is 7.09. The van der Waals surface area contributed by atoms with Gasteiger partial charge in [-0.25, -0.2) is 0 Å². The van der Waals surface area contributed by atoms with Crippen LogP contribution in [0.15, 0.2) is 28.8 Å². The van der Waals surface area contributed by atoms with Gasteiger partial charge >= 0.3 is 0 Å². The molecule has 2 aromatic heterocycles. The highest BCUT2D eigenvalue weighted by atomic mass is 16.3. The average Bonchev–Trinajstić information content (AvgIpc) is 3.14. The van der Waals surface area contributed by atoms with Crippen molar-refractivity contribution in [3.8, 4) is 0 Å². The first kappa shape index (κ1) is 15.3. The zero-order chi connectivity index (χ0) is 15.4. The second-order valence-corrected chi connectivity index (χ2v) is 5.97. The van der Waals surface area contributed by atoms with Gasteiger partial charge in [0.25, 0.3) is 0 Å². The van der Waals surface area contributed by atoms with E-state index in [2.05, 4.69) is 20.0 Å². The zero-order valence-electron chi connectivity index (χ0n) is 13.0. The fraction of sp³-hybridized carbons (Fsp3) is 0.562. The molecule has 6 nitrogen and oxygen atoms in total. The molecular weight excluding hydrogens is 280 g/mol. The Bertz CT molecular complexity index is 566. The molecule has 0 bridgehead atoms. The van der Waals surface area contributed by atoms with Gasteiger partial charge in [-0.05, 0) is 31.5 Å². The number of hydrogen-bond acceptors (Lipinski definition) is 5. The molecule has 6 heteroatoms. The number of nitrogens with one attached hydrogen (secondary N) is 1. The number of hydrogen-bond donors (Lipinski definition) is 2. The Hall–Kier alpha value is -1.63. The van der Waals surface area contributed by atoms with E-state index in [0.29, 0.717) is 6.04 Å². The van der Waals surface area contributed by atoms with E-state index in [4.69, 9.17) is 4.42 Å². The van der Waals surface area contributed by atoms with Crippen molar-refractivity contribution in [3.05, 3.63) is 41.6 Å². The molecule has 2 aromatic rings. The lowest BCUT2D eigenvalue weighted by atomic mass is 10.1. The molecule has 1 aliphatic rings. The summed E-state index contributed by atoms with van der Waals surface area (Å²) in [7, 11) is 0. The lowest BCUT2D eigenvalue weighted by molar-refractivity contribution is 0.0449. The molecule has 0 amide bonds. The molecule has 2 N–H and O–H groups in total. The van der Waals surface area contributed by atoms with E-state index in [1.165, 1.54) is 0 Å². The van der Waals surface area contributed by atoms with Crippen LogP contribution in [0.1, 0.15) is 23.6 Å². The van der Waals surface area contributed by atoms with Crippen LogP contribution in [-0.4, -0.2) is 57.4 Å². The van der Waals surface area contributed by atoms with E-state index in [9.17, 15) is 5.11 Å². The third-order valence-electron chi connectivity index (χ3n) is 4.26. The Morgan fingerprint density at radius 3 is 2.91 bits per heavy atom. The number of aromatic nitrogens is 2. The topological polar surface area (TPSA) is 68.5 Å². The lowest BCUT2D eigenvalue weighted by Crippen LogP contribution is -2.52. The van der Waals surface area contributed by atoms with Crippen LogP contribution in [0.2, 0.25) is 0 Å². The average molecular weight is 304 g/mol. The van der Waals surface area contributed by atoms with Gasteiger partial charge in [0.05, 0.1) is 6.54 Å². The fourth-order valence-corrected chi connectivity index (χ4v) is 3.12. The quantitative estimate of drug-likeness (QED) is 0.844. The van der Waals surface area contributed by atoms with Gasteiger partial charge in [0.2, 0.25) is 0 Å². The Balaban J connectivity index is 1.60. The van der Waals surface area contributed by atoms with Crippen LogP contribution in [-0.2, 0) is 13.1 Å². The number of aliphatic hydroxyl groups excluding tert-OH is 1. The van der Waals surface area contributed by atoms with Crippen molar-refractivity contribution >= 4 is 0 Å². The summed E-state index contributed by atoms with van der Waals surface area (Å²) in [6.07, 6.45) is 2.58. The van der Waals surface area contributed by atoms with Crippen molar-refractivity contribution in [2.75, 3.05) is 26.2 Å². The van der Waals surface area contributed by atoms with Crippen LogP contribution < -0.4 is 0 Å². The Morgan fingerprint density at radius 1 is 1.32 bits per heavy atom. The first-order valence-corrected chi connectivity index (χ1v) is 7.85. The van der Waals surface area contributed by atoms with Gasteiger partial charge in [0, 0.05) is 50.7 Å². The maximum absolute atomic E-state index is 9.36. The zero-order valence-corrected chi connectivity index (χ0v) is 13.0. The Morgan fingerprint density at radius 2 is 2.23 bits per heavy atom. The number of rotatable bonds is 6. The molecule has 22 heavy (non-hydrogen) atoms. The smallest absolute Gasteiger partial charge is 0.118 e. The molecule has 1 atom stereocenters. The van der Waals surface area contributed by atoms with E-state index < -0.39 is 0 Å². The van der Waals surface area contributed by atoms with Gasteiger partial charge in [0.1, 0.15) is 11.5 Å². The van der Waals surface area contributed by atoms with Crippen molar-refractivity contribution in [3.63, 3.8) is 0 Å². The molecule has 1 fully saturated rings. The van der Waals surface area contributed by atoms with Crippen LogP contribution in [0.25, 0.3) is 0 Å². The summed E-state index contributed by atoms with van der Waals surface area (Å²) in [6.45, 7) is 6.85. The molecule has 0 aromatic carbocycles. The predicted molar refractivity (Wildman–Crippen MR) is 83.2 cm³/mol. The largest absolute Gasteiger partial charge is 0.465 e. The van der Waals surface area contributed by atoms with Crippen LogP contribution in [0.3, 0.4) is 0 Å². The number of aromatic amines is 1. The molecule has 3 heterocycles. The molecule has 1 aliphatic heterocycles. The van der Waals surface area contributed by atoms with Gasteiger partial charge in [-0.3, -0.25) is 14.9 Å². The third kappa shape index (κ3) is 3.76. The summed E-state index contributed by atoms with van der Waals surface area (Å²) in [5.41, 5.74) is 1.14. The predicted octanol–water partition coefficient (Wildman–Crippen LogP) is 1.38. The van der Waals surface area contributed by atoms with Gasteiger partial charge in [0.15, 0.2) is 0 Å². The number of nitrogens with zero attached hydrogens (tertiary/aromatic N) is 3. The molecule has 0 aliphatic carbocycles. The van der Waals surface area contributed by atoms with Crippen molar-refractivity contribution in [1.29, 1.82) is 0 Å². The van der Waals surface area contributed by atoms with Gasteiger partial charge in [-0.1, -0.05) is 0 Å². The molecule has 1 unspecified atom stereocenters. The summed E-state index contributed by atoms with van der Waals surface area (Å²) in [5, 5.41) is 16.4. The van der Waals surface area contributed by atoms with Crippen molar-refractivity contribution in [1.82, 2.24) is 20.0 Å². The van der Waals surface area contributed by atoms with Crippen LogP contribution in [0.4, 0.5) is 0 Å². The van der Waals surface area contributed by atoms with E-state index in [0.717, 1.165) is 56.4 Å². The Labute approximate surface area is 130 Å². The number of piperazine rings is 1. The number of aryl methyl sites for hydroxylation is 1. The van der Waals surface area contributed by atoms with Crippen LogP contribution >= 0.6 is 0 Å². The van der Waals surface area contributed by atoms with E-state index in [1.807, 2.05) is 25.1 Å². The molecular formula is C16H24N4O2. The minimum absolute atomic E-state index is 0.218. The number of aliphatic hydroxyl groups is 1. The summed E-state index contributed by atoms with van der Waals surface area (Å²) in [4.78, 5) is 4.83. The summed E-state index contributed by atoms with van der Waals surface area (Å²) in [5.74, 6) is 1.95. The lowest BCUT2D eigenvalue weighted by Gasteiger charge is -2.40. The summed E-state index contributed by atoms with van der Waals surface area (Å²) < 4.78 is 5.69. The highest BCUT2D eigenvalue weighted by Crippen LogP contribution is 2.19. The maximum atomic E-state index is 9.36. The van der Waals surface area contributed by atoms with Crippen molar-refractivity contribution in [2.24, 2.45) is 0 Å². The fourth-order valence-electron chi connectivity index (χ4n) is 3.12. The second-order valence-electron chi connectivity index (χ2n) is 5.97. The molecule has 120 valence electrons.